The first-order valence-corrected chi connectivity index (χ1v) is 4.53. The van der Waals surface area contributed by atoms with Gasteiger partial charge in [0.1, 0.15) is 0 Å². The van der Waals surface area contributed by atoms with E-state index in [0.29, 0.717) is 5.82 Å². The number of ether oxygens (including phenoxy) is 1. The molecule has 3 N–H and O–H groups in total. The van der Waals surface area contributed by atoms with Crippen LogP contribution in [0.25, 0.3) is 0 Å². The predicted molar refractivity (Wildman–Crippen MR) is 67.4 cm³/mol. The number of hydrazine groups is 1. The van der Waals surface area contributed by atoms with Crippen LogP contribution in [0.1, 0.15) is 0 Å². The average Bonchev–Trinajstić information content (AvgIpc) is 2.30. The van der Waals surface area contributed by atoms with Gasteiger partial charge in [0.05, 0.1) is 13.2 Å². The highest BCUT2D eigenvalue weighted by Gasteiger charge is 2.12. The molecule has 0 aliphatic carbocycles. The van der Waals surface area contributed by atoms with Crippen LogP contribution in [0.15, 0.2) is 12.1 Å². The Bertz CT molecular complexity index is 291. The van der Waals surface area contributed by atoms with E-state index in [2.05, 4.69) is 20.5 Å². The van der Waals surface area contributed by atoms with Crippen LogP contribution >= 0.6 is 24.8 Å². The number of hydrogen-bond acceptors (Lipinski definition) is 6. The topological polar surface area (TPSA) is 76.3 Å². The van der Waals surface area contributed by atoms with Gasteiger partial charge < -0.3 is 15.1 Å². The molecule has 1 aliphatic rings. The lowest BCUT2D eigenvalue weighted by Gasteiger charge is -2.27. The second kappa shape index (κ2) is 7.45. The number of anilines is 2. The molecule has 0 bridgehead atoms. The molecule has 0 amide bonds. The molecule has 0 radical (unpaired) electrons. The Morgan fingerprint density at radius 1 is 1.19 bits per heavy atom. The maximum absolute atomic E-state index is 5.24. The summed E-state index contributed by atoms with van der Waals surface area (Å²) in [6, 6.07) is 3.70. The molecule has 92 valence electrons. The Morgan fingerprint density at radius 3 is 2.38 bits per heavy atom. The Labute approximate surface area is 106 Å². The Morgan fingerprint density at radius 2 is 1.88 bits per heavy atom. The summed E-state index contributed by atoms with van der Waals surface area (Å²) in [7, 11) is 0. The standard InChI is InChI=1S/C8H13N5O.2ClH/c9-10-7-1-2-8(12-11-7)13-3-5-14-6-4-13;;/h1-2H,3-6,9H2,(H,10,11);2*1H. The van der Waals surface area contributed by atoms with E-state index in [1.165, 1.54) is 0 Å². The van der Waals surface area contributed by atoms with E-state index in [0.717, 1.165) is 32.1 Å². The molecule has 2 heterocycles. The Kier molecular flexibility index (Phi) is 7.07. The van der Waals surface area contributed by atoms with Gasteiger partial charge in [-0.2, -0.15) is 0 Å². The monoisotopic (exact) mass is 267 g/mol. The van der Waals surface area contributed by atoms with Crippen molar-refractivity contribution in [2.45, 2.75) is 0 Å². The molecule has 2 rings (SSSR count). The maximum atomic E-state index is 5.24. The molecule has 16 heavy (non-hydrogen) atoms. The van der Waals surface area contributed by atoms with Gasteiger partial charge in [-0.1, -0.05) is 0 Å². The average molecular weight is 268 g/mol. The van der Waals surface area contributed by atoms with Crippen LogP contribution < -0.4 is 16.2 Å². The second-order valence-corrected chi connectivity index (χ2v) is 3.02. The van der Waals surface area contributed by atoms with Crippen molar-refractivity contribution < 1.29 is 4.74 Å². The summed E-state index contributed by atoms with van der Waals surface area (Å²) in [5, 5.41) is 7.95. The second-order valence-electron chi connectivity index (χ2n) is 3.02. The van der Waals surface area contributed by atoms with Gasteiger partial charge in [0.2, 0.25) is 0 Å². The smallest absolute Gasteiger partial charge is 0.162 e. The number of hydrogen-bond donors (Lipinski definition) is 2. The number of halogens is 2. The first-order valence-electron chi connectivity index (χ1n) is 4.53. The molecule has 0 spiro atoms. The highest BCUT2D eigenvalue weighted by molar-refractivity contribution is 5.85. The SMILES string of the molecule is Cl.Cl.NNc1ccc(N2CCOCC2)nn1. The van der Waals surface area contributed by atoms with Crippen LogP contribution in [0.4, 0.5) is 11.6 Å². The van der Waals surface area contributed by atoms with Gasteiger partial charge >= 0.3 is 0 Å². The van der Waals surface area contributed by atoms with Crippen molar-refractivity contribution in [1.82, 2.24) is 10.2 Å². The van der Waals surface area contributed by atoms with Crippen molar-refractivity contribution in [3.63, 3.8) is 0 Å². The Hall–Kier alpha value is -0.820. The van der Waals surface area contributed by atoms with Crippen LogP contribution in [0.3, 0.4) is 0 Å². The zero-order valence-electron chi connectivity index (χ0n) is 8.63. The van der Waals surface area contributed by atoms with Gasteiger partial charge in [0, 0.05) is 13.1 Å². The normalized spacial score (nSPS) is 14.7. The van der Waals surface area contributed by atoms with Crippen molar-refractivity contribution in [2.24, 2.45) is 5.84 Å². The van der Waals surface area contributed by atoms with Crippen molar-refractivity contribution in [2.75, 3.05) is 36.6 Å². The van der Waals surface area contributed by atoms with Crippen molar-refractivity contribution in [3.05, 3.63) is 12.1 Å². The summed E-state index contributed by atoms with van der Waals surface area (Å²) in [6.45, 7) is 3.23. The summed E-state index contributed by atoms with van der Waals surface area (Å²) < 4.78 is 5.24. The van der Waals surface area contributed by atoms with Crippen molar-refractivity contribution >= 4 is 36.4 Å². The van der Waals surface area contributed by atoms with E-state index in [9.17, 15) is 0 Å². The highest BCUT2D eigenvalue weighted by atomic mass is 35.5. The molecular weight excluding hydrogens is 253 g/mol. The number of aromatic nitrogens is 2. The van der Waals surface area contributed by atoms with Gasteiger partial charge in [-0.05, 0) is 12.1 Å². The molecule has 8 heteroatoms. The van der Waals surface area contributed by atoms with Gasteiger partial charge in [-0.15, -0.1) is 35.0 Å². The molecule has 1 aromatic heterocycles. The molecule has 6 nitrogen and oxygen atoms in total. The molecule has 0 atom stereocenters. The van der Waals surface area contributed by atoms with Crippen LogP contribution in [-0.4, -0.2) is 36.5 Å². The van der Waals surface area contributed by atoms with Crippen molar-refractivity contribution in [1.29, 1.82) is 0 Å². The van der Waals surface area contributed by atoms with E-state index in [1.807, 2.05) is 6.07 Å². The molecular formula is C8H15Cl2N5O. The lowest BCUT2D eigenvalue weighted by molar-refractivity contribution is 0.122. The summed E-state index contributed by atoms with van der Waals surface area (Å²) in [5.41, 5.74) is 2.44. The number of nitrogens with two attached hydrogens (primary N) is 1. The van der Waals surface area contributed by atoms with E-state index >= 15 is 0 Å². The molecule has 1 saturated heterocycles. The van der Waals surface area contributed by atoms with E-state index in [4.69, 9.17) is 10.6 Å². The van der Waals surface area contributed by atoms with E-state index < -0.39 is 0 Å². The van der Waals surface area contributed by atoms with Crippen LogP contribution in [0.2, 0.25) is 0 Å². The fourth-order valence-corrected chi connectivity index (χ4v) is 1.36. The summed E-state index contributed by atoms with van der Waals surface area (Å²) in [4.78, 5) is 2.14. The lowest BCUT2D eigenvalue weighted by Crippen LogP contribution is -2.36. The third kappa shape index (κ3) is 3.64. The van der Waals surface area contributed by atoms with Gasteiger partial charge in [-0.3, -0.25) is 0 Å². The fourth-order valence-electron chi connectivity index (χ4n) is 1.36. The quantitative estimate of drug-likeness (QED) is 0.599. The fraction of sp³-hybridized carbons (Fsp3) is 0.500. The zero-order chi connectivity index (χ0) is 9.80. The number of nitrogen functional groups attached to an aromatic ring is 1. The maximum Gasteiger partial charge on any atom is 0.162 e. The highest BCUT2D eigenvalue weighted by Crippen LogP contribution is 2.12. The van der Waals surface area contributed by atoms with Crippen molar-refractivity contribution in [3.8, 4) is 0 Å². The largest absolute Gasteiger partial charge is 0.378 e. The minimum atomic E-state index is 0. The third-order valence-corrected chi connectivity index (χ3v) is 2.13. The van der Waals surface area contributed by atoms with Crippen LogP contribution in [0.5, 0.6) is 0 Å². The first-order chi connectivity index (χ1) is 6.90. The summed E-state index contributed by atoms with van der Waals surface area (Å²) >= 11 is 0. The molecule has 0 saturated carbocycles. The molecule has 1 fully saturated rings. The number of nitrogens with one attached hydrogen (secondary N) is 1. The molecule has 1 aliphatic heterocycles. The third-order valence-electron chi connectivity index (χ3n) is 2.13. The molecule has 1 aromatic rings. The van der Waals surface area contributed by atoms with E-state index in [1.54, 1.807) is 6.07 Å². The van der Waals surface area contributed by atoms with Crippen LogP contribution in [0, 0.1) is 0 Å². The summed E-state index contributed by atoms with van der Waals surface area (Å²) in [5.74, 6) is 6.63. The van der Waals surface area contributed by atoms with Gasteiger partial charge in [-0.25, -0.2) is 5.84 Å². The predicted octanol–water partition coefficient (Wildman–Crippen LogP) is 0.442. The molecule has 0 aromatic carbocycles. The minimum absolute atomic E-state index is 0. The first kappa shape index (κ1) is 15.2. The molecule has 0 unspecified atom stereocenters. The van der Waals surface area contributed by atoms with E-state index in [-0.39, 0.29) is 24.8 Å². The summed E-state index contributed by atoms with van der Waals surface area (Å²) in [6.07, 6.45) is 0. The van der Waals surface area contributed by atoms with Gasteiger partial charge in [0.15, 0.2) is 11.6 Å². The zero-order valence-corrected chi connectivity index (χ0v) is 10.3. The van der Waals surface area contributed by atoms with Gasteiger partial charge in [0.25, 0.3) is 0 Å². The minimum Gasteiger partial charge on any atom is -0.378 e. The number of nitrogens with zero attached hydrogens (tertiary/aromatic N) is 3. The Balaban J connectivity index is 0.00000112. The van der Waals surface area contributed by atoms with Crippen LogP contribution in [-0.2, 0) is 4.74 Å². The number of morpholine rings is 1. The lowest BCUT2D eigenvalue weighted by atomic mass is 10.4. The number of rotatable bonds is 2.